The molecule has 0 amide bonds. The van der Waals surface area contributed by atoms with Gasteiger partial charge in [-0.1, -0.05) is 19.9 Å². The molecule has 0 aromatic rings. The van der Waals surface area contributed by atoms with E-state index in [0.717, 1.165) is 0 Å². The number of allylic oxidation sites excluding steroid dienone is 1. The molecule has 11 heavy (non-hydrogen) atoms. The van der Waals surface area contributed by atoms with Crippen LogP contribution in [0.5, 0.6) is 0 Å². The molecule has 0 saturated heterocycles. The Morgan fingerprint density at radius 3 is 2.36 bits per heavy atom. The standard InChI is InChI=1S/C9H17NO/c1-5-6-10-7-11-9(4)8(2)3/h5-9H,1-4H3/b6-5+,10-7?. The van der Waals surface area contributed by atoms with Crippen molar-refractivity contribution in [2.45, 2.75) is 33.8 Å². The highest BCUT2D eigenvalue weighted by molar-refractivity contribution is 5.47. The van der Waals surface area contributed by atoms with Gasteiger partial charge in [0.15, 0.2) is 6.40 Å². The maximum absolute atomic E-state index is 5.26. The van der Waals surface area contributed by atoms with E-state index >= 15 is 0 Å². The van der Waals surface area contributed by atoms with E-state index in [2.05, 4.69) is 18.8 Å². The summed E-state index contributed by atoms with van der Waals surface area (Å²) in [6, 6.07) is 0. The normalized spacial score (nSPS) is 15.0. The highest BCUT2D eigenvalue weighted by atomic mass is 16.5. The van der Waals surface area contributed by atoms with E-state index in [1.165, 1.54) is 6.40 Å². The minimum atomic E-state index is 0.240. The molecular formula is C9H17NO. The monoisotopic (exact) mass is 155 g/mol. The highest BCUT2D eigenvalue weighted by Gasteiger charge is 2.04. The van der Waals surface area contributed by atoms with Gasteiger partial charge in [-0.05, 0) is 19.8 Å². The second-order valence-corrected chi connectivity index (χ2v) is 2.82. The molecule has 0 fully saturated rings. The number of nitrogens with zero attached hydrogens (tertiary/aromatic N) is 1. The van der Waals surface area contributed by atoms with Crippen LogP contribution in [0.3, 0.4) is 0 Å². The van der Waals surface area contributed by atoms with Gasteiger partial charge in [-0.3, -0.25) is 0 Å². The molecule has 0 aliphatic rings. The van der Waals surface area contributed by atoms with Crippen LogP contribution in [0.15, 0.2) is 17.3 Å². The fourth-order valence-corrected chi connectivity index (χ4v) is 0.409. The van der Waals surface area contributed by atoms with Crippen LogP contribution in [0.25, 0.3) is 0 Å². The maximum atomic E-state index is 5.26. The largest absolute Gasteiger partial charge is 0.480 e. The predicted octanol–water partition coefficient (Wildman–Crippen LogP) is 2.61. The van der Waals surface area contributed by atoms with Crippen LogP contribution in [0.1, 0.15) is 27.7 Å². The molecule has 0 spiro atoms. The zero-order valence-electron chi connectivity index (χ0n) is 7.74. The number of hydrogen-bond donors (Lipinski definition) is 0. The molecule has 0 aromatic carbocycles. The Hall–Kier alpha value is -0.790. The van der Waals surface area contributed by atoms with Crippen molar-refractivity contribution in [1.29, 1.82) is 0 Å². The number of aliphatic imine (C=N–C) groups is 1. The van der Waals surface area contributed by atoms with E-state index in [1.807, 2.05) is 19.9 Å². The molecule has 2 heteroatoms. The SMILES string of the molecule is C/C=C/N=COC(C)C(C)C. The quantitative estimate of drug-likeness (QED) is 0.451. The number of hydrogen-bond acceptors (Lipinski definition) is 2. The molecular weight excluding hydrogens is 138 g/mol. The van der Waals surface area contributed by atoms with E-state index in [1.54, 1.807) is 6.20 Å². The topological polar surface area (TPSA) is 21.6 Å². The van der Waals surface area contributed by atoms with E-state index in [4.69, 9.17) is 4.74 Å². The minimum absolute atomic E-state index is 0.240. The fourth-order valence-electron chi connectivity index (χ4n) is 0.409. The van der Waals surface area contributed by atoms with Crippen LogP contribution in [0.4, 0.5) is 0 Å². The molecule has 0 N–H and O–H groups in total. The first-order chi connectivity index (χ1) is 5.18. The van der Waals surface area contributed by atoms with Gasteiger partial charge in [-0.25, -0.2) is 4.99 Å². The second-order valence-electron chi connectivity index (χ2n) is 2.82. The lowest BCUT2D eigenvalue weighted by Crippen LogP contribution is -2.13. The molecule has 0 radical (unpaired) electrons. The first-order valence-corrected chi connectivity index (χ1v) is 3.96. The van der Waals surface area contributed by atoms with Crippen LogP contribution in [0.2, 0.25) is 0 Å². The first-order valence-electron chi connectivity index (χ1n) is 3.96. The van der Waals surface area contributed by atoms with Gasteiger partial charge in [0.05, 0.1) is 6.10 Å². The van der Waals surface area contributed by atoms with Gasteiger partial charge in [0.2, 0.25) is 0 Å². The second kappa shape index (κ2) is 5.96. The summed E-state index contributed by atoms with van der Waals surface area (Å²) >= 11 is 0. The van der Waals surface area contributed by atoms with Gasteiger partial charge >= 0.3 is 0 Å². The van der Waals surface area contributed by atoms with Gasteiger partial charge in [0.1, 0.15) is 0 Å². The fraction of sp³-hybridized carbons (Fsp3) is 0.667. The van der Waals surface area contributed by atoms with Crippen molar-refractivity contribution in [2.75, 3.05) is 0 Å². The van der Waals surface area contributed by atoms with E-state index in [0.29, 0.717) is 5.92 Å². The Morgan fingerprint density at radius 2 is 1.91 bits per heavy atom. The Kier molecular flexibility index (Phi) is 5.53. The summed E-state index contributed by atoms with van der Waals surface area (Å²) < 4.78 is 5.26. The van der Waals surface area contributed by atoms with Crippen molar-refractivity contribution in [3.8, 4) is 0 Å². The Balaban J connectivity index is 3.52. The molecule has 1 atom stereocenters. The maximum Gasteiger partial charge on any atom is 0.174 e. The molecule has 1 unspecified atom stereocenters. The van der Waals surface area contributed by atoms with Crippen LogP contribution in [0, 0.1) is 5.92 Å². The molecule has 2 nitrogen and oxygen atoms in total. The summed E-state index contributed by atoms with van der Waals surface area (Å²) in [6.07, 6.45) is 5.29. The first kappa shape index (κ1) is 10.2. The summed E-state index contributed by atoms with van der Waals surface area (Å²) in [7, 11) is 0. The summed E-state index contributed by atoms with van der Waals surface area (Å²) in [5.41, 5.74) is 0. The zero-order valence-corrected chi connectivity index (χ0v) is 7.74. The van der Waals surface area contributed by atoms with E-state index < -0.39 is 0 Å². The van der Waals surface area contributed by atoms with E-state index in [-0.39, 0.29) is 6.10 Å². The molecule has 0 aliphatic carbocycles. The zero-order chi connectivity index (χ0) is 8.69. The number of ether oxygens (including phenoxy) is 1. The van der Waals surface area contributed by atoms with Crippen molar-refractivity contribution in [3.05, 3.63) is 12.3 Å². The molecule has 0 saturated carbocycles. The lowest BCUT2D eigenvalue weighted by molar-refractivity contribution is 0.167. The third-order valence-electron chi connectivity index (χ3n) is 1.51. The summed E-state index contributed by atoms with van der Waals surface area (Å²) in [4.78, 5) is 3.88. The lowest BCUT2D eigenvalue weighted by atomic mass is 10.1. The van der Waals surface area contributed by atoms with Crippen molar-refractivity contribution < 1.29 is 4.74 Å². The molecule has 0 heterocycles. The molecule has 0 bridgehead atoms. The van der Waals surface area contributed by atoms with Crippen LogP contribution < -0.4 is 0 Å². The van der Waals surface area contributed by atoms with Crippen LogP contribution >= 0.6 is 0 Å². The van der Waals surface area contributed by atoms with Crippen molar-refractivity contribution in [3.63, 3.8) is 0 Å². The van der Waals surface area contributed by atoms with Gasteiger partial charge in [0, 0.05) is 6.20 Å². The van der Waals surface area contributed by atoms with Gasteiger partial charge < -0.3 is 4.74 Å². The molecule has 0 aromatic heterocycles. The smallest absolute Gasteiger partial charge is 0.174 e. The molecule has 64 valence electrons. The number of rotatable bonds is 4. The highest BCUT2D eigenvalue weighted by Crippen LogP contribution is 2.02. The summed E-state index contributed by atoms with van der Waals surface area (Å²) in [5, 5.41) is 0. The lowest BCUT2D eigenvalue weighted by Gasteiger charge is -2.13. The average molecular weight is 155 g/mol. The Morgan fingerprint density at radius 1 is 1.27 bits per heavy atom. The van der Waals surface area contributed by atoms with Gasteiger partial charge in [-0.2, -0.15) is 0 Å². The third kappa shape index (κ3) is 5.64. The summed E-state index contributed by atoms with van der Waals surface area (Å²) in [5.74, 6) is 0.534. The minimum Gasteiger partial charge on any atom is -0.480 e. The average Bonchev–Trinajstić information content (AvgIpc) is 1.97. The summed E-state index contributed by atoms with van der Waals surface area (Å²) in [6.45, 7) is 8.19. The Labute approximate surface area is 69.0 Å². The van der Waals surface area contributed by atoms with Crippen molar-refractivity contribution >= 4 is 6.40 Å². The van der Waals surface area contributed by atoms with Crippen molar-refractivity contribution in [2.24, 2.45) is 10.9 Å². The van der Waals surface area contributed by atoms with Gasteiger partial charge in [-0.15, -0.1) is 0 Å². The predicted molar refractivity (Wildman–Crippen MR) is 48.7 cm³/mol. The van der Waals surface area contributed by atoms with Crippen LogP contribution in [-0.4, -0.2) is 12.5 Å². The van der Waals surface area contributed by atoms with E-state index in [9.17, 15) is 0 Å². The Bertz CT molecular complexity index is 138. The van der Waals surface area contributed by atoms with Gasteiger partial charge in [0.25, 0.3) is 0 Å². The molecule has 0 aliphatic heterocycles. The van der Waals surface area contributed by atoms with Crippen LogP contribution in [-0.2, 0) is 4.74 Å². The molecule has 0 rings (SSSR count). The van der Waals surface area contributed by atoms with Crippen molar-refractivity contribution in [1.82, 2.24) is 0 Å². The third-order valence-corrected chi connectivity index (χ3v) is 1.51.